The van der Waals surface area contributed by atoms with Crippen LogP contribution in [0.15, 0.2) is 70.0 Å². The van der Waals surface area contributed by atoms with Crippen molar-refractivity contribution in [1.29, 1.82) is 0 Å². The fraction of sp³-hybridized carbons (Fsp3) is 0.240. The Labute approximate surface area is 235 Å². The number of halogens is 1. The normalized spacial score (nSPS) is 17.1. The van der Waals surface area contributed by atoms with Crippen molar-refractivity contribution in [3.63, 3.8) is 0 Å². The molecule has 6 rings (SSSR count). The van der Waals surface area contributed by atoms with Crippen LogP contribution in [-0.2, 0) is 16.6 Å². The molecular formula is C25H26IN8O2S2-. The van der Waals surface area contributed by atoms with Gasteiger partial charge in [-0.3, -0.25) is 4.90 Å². The number of piperazine rings is 1. The van der Waals surface area contributed by atoms with Crippen LogP contribution in [0, 0.1) is 6.92 Å². The topological polar surface area (TPSA) is 108 Å². The van der Waals surface area contributed by atoms with E-state index in [1.165, 1.54) is 11.5 Å². The number of hydrogen-bond acceptors (Lipinski definition) is 9. The number of fused-ring (bicyclic) bond motifs is 1. The summed E-state index contributed by atoms with van der Waals surface area (Å²) in [4.78, 5) is 11.9. The Balaban J connectivity index is 1.12. The molecule has 1 fully saturated rings. The monoisotopic (exact) mass is 661 g/mol. The second kappa shape index (κ2) is 10.7. The van der Waals surface area contributed by atoms with Crippen molar-refractivity contribution in [1.82, 2.24) is 31.5 Å². The second-order valence-electron chi connectivity index (χ2n) is 8.98. The van der Waals surface area contributed by atoms with Crippen LogP contribution in [0.4, 0.5) is 10.8 Å². The first-order valence-corrected chi connectivity index (χ1v) is 16.6. The van der Waals surface area contributed by atoms with Gasteiger partial charge in [-0.1, -0.05) is 18.2 Å². The van der Waals surface area contributed by atoms with Gasteiger partial charge in [0.2, 0.25) is 10.0 Å². The first kappa shape index (κ1) is 25.4. The molecule has 13 heteroatoms. The van der Waals surface area contributed by atoms with E-state index in [1.807, 2.05) is 37.7 Å². The molecule has 0 saturated carbocycles. The van der Waals surface area contributed by atoms with Crippen LogP contribution in [0.3, 0.4) is 0 Å². The Morgan fingerprint density at radius 3 is 2.74 bits per heavy atom. The van der Waals surface area contributed by atoms with Crippen molar-refractivity contribution in [2.75, 3.05) is 31.5 Å². The Morgan fingerprint density at radius 1 is 1.16 bits per heavy atom. The van der Waals surface area contributed by atoms with E-state index in [0.717, 1.165) is 33.3 Å². The number of nitrogens with one attached hydrogen (secondary N) is 2. The minimum atomic E-state index is -3.46. The van der Waals surface area contributed by atoms with Gasteiger partial charge < -0.3 is 0 Å². The molecule has 0 spiro atoms. The van der Waals surface area contributed by atoms with Crippen LogP contribution in [0.2, 0.25) is 0 Å². The minimum absolute atomic E-state index is 0.103. The maximum absolute atomic E-state index is 12.9. The number of imidazole rings is 1. The molecule has 1 aromatic carbocycles. The molecule has 0 radical (unpaired) electrons. The van der Waals surface area contributed by atoms with Gasteiger partial charge in [-0.05, 0) is 12.1 Å². The summed E-state index contributed by atoms with van der Waals surface area (Å²) in [7, 11) is -3.46. The van der Waals surface area contributed by atoms with Gasteiger partial charge in [-0.2, -0.15) is 4.31 Å². The van der Waals surface area contributed by atoms with Crippen LogP contribution in [0.1, 0.15) is 17.1 Å². The van der Waals surface area contributed by atoms with E-state index < -0.39 is 10.0 Å². The van der Waals surface area contributed by atoms with E-state index in [4.69, 9.17) is 4.98 Å². The van der Waals surface area contributed by atoms with Crippen LogP contribution < -0.4 is 30.3 Å². The number of benzene rings is 1. The summed E-state index contributed by atoms with van der Waals surface area (Å²) < 4.78 is 39.6. The molecule has 1 saturated heterocycles. The van der Waals surface area contributed by atoms with Crippen LogP contribution >= 0.6 is 11.5 Å². The molecule has 2 aliphatic rings. The summed E-state index contributed by atoms with van der Waals surface area (Å²) in [5.41, 5.74) is 4.69. The molecule has 2 aliphatic heterocycles. The third kappa shape index (κ3) is 5.20. The summed E-state index contributed by atoms with van der Waals surface area (Å²) in [6.45, 7) is 4.87. The number of anilines is 2. The summed E-state index contributed by atoms with van der Waals surface area (Å²) in [5, 5.41) is 4.30. The van der Waals surface area contributed by atoms with Crippen LogP contribution in [0.5, 0.6) is 0 Å². The molecule has 0 bridgehead atoms. The Hall–Kier alpha value is -2.85. The number of allylic oxidation sites excluding steroid dienone is 2. The average Bonchev–Trinajstić information content (AvgIpc) is 3.57. The number of nitrogens with zero attached hydrogens (tertiary/aromatic N) is 6. The zero-order valence-electron chi connectivity index (χ0n) is 20.6. The summed E-state index contributed by atoms with van der Waals surface area (Å²) in [6.07, 6.45) is 8.06. The van der Waals surface area contributed by atoms with Crippen molar-refractivity contribution < 1.29 is 29.9 Å². The van der Waals surface area contributed by atoms with Gasteiger partial charge in [0.05, 0.1) is 4.90 Å². The molecule has 3 aromatic heterocycles. The molecule has 38 heavy (non-hydrogen) atoms. The summed E-state index contributed by atoms with van der Waals surface area (Å²) >= 11 is 1.28. The number of hydrogen-bond donors (Lipinski definition) is 2. The van der Waals surface area contributed by atoms with Gasteiger partial charge in [0.1, 0.15) is 0 Å². The molecule has 5 heterocycles. The van der Waals surface area contributed by atoms with E-state index in [1.54, 1.807) is 28.6 Å². The fourth-order valence-electron chi connectivity index (χ4n) is 4.50. The Morgan fingerprint density at radius 2 is 1.97 bits per heavy atom. The van der Waals surface area contributed by atoms with Crippen molar-refractivity contribution in [2.24, 2.45) is 0 Å². The van der Waals surface area contributed by atoms with Gasteiger partial charge in [-0.15, -0.1) is 0 Å². The first-order chi connectivity index (χ1) is 18.5. The molecule has 0 atom stereocenters. The third-order valence-corrected chi connectivity index (χ3v) is 10.4. The quantitative estimate of drug-likeness (QED) is 0.214. The van der Waals surface area contributed by atoms with Gasteiger partial charge in [0.15, 0.2) is 0 Å². The van der Waals surface area contributed by atoms with E-state index in [-0.39, 0.29) is 21.5 Å². The van der Waals surface area contributed by atoms with Gasteiger partial charge in [0.25, 0.3) is 0 Å². The standard InChI is InChI=1S/C25H26IN8O2S2/c1-18-16-34-22(19-7-8-26-28-14-19)15-27-25(34)24(29-18)30-23-13-20(31-37-23)17-32-9-11-33(12-10-32)38(35,36)21-5-3-2-4-6-21/h2-8,13-16,28H,9-12,17H2,1H3,(H,29,30)/q-1. The Kier molecular flexibility index (Phi) is 7.18. The number of aryl methyl sites for hydroxylation is 1. The zero-order valence-corrected chi connectivity index (χ0v) is 24.4. The predicted octanol–water partition coefficient (Wildman–Crippen LogP) is 0.206. The zero-order chi connectivity index (χ0) is 26.1. The van der Waals surface area contributed by atoms with Crippen molar-refractivity contribution in [3.05, 3.63) is 82.2 Å². The van der Waals surface area contributed by atoms with Crippen molar-refractivity contribution in [2.45, 2.75) is 18.4 Å². The third-order valence-electron chi connectivity index (χ3n) is 6.39. The fourth-order valence-corrected chi connectivity index (χ4v) is 7.89. The second-order valence-corrected chi connectivity index (χ2v) is 13.7. The van der Waals surface area contributed by atoms with E-state index in [2.05, 4.69) is 37.7 Å². The molecular weight excluding hydrogens is 635 g/mol. The Bertz CT molecular complexity index is 1620. The van der Waals surface area contributed by atoms with Gasteiger partial charge >= 0.3 is 148 Å². The van der Waals surface area contributed by atoms with E-state index in [9.17, 15) is 8.42 Å². The van der Waals surface area contributed by atoms with Crippen LogP contribution in [0.25, 0.3) is 11.2 Å². The molecule has 4 aromatic rings. The first-order valence-electron chi connectivity index (χ1n) is 12.1. The number of rotatable bonds is 7. The molecule has 0 unspecified atom stereocenters. The molecule has 10 nitrogen and oxygen atoms in total. The van der Waals surface area contributed by atoms with Crippen LogP contribution in [-0.4, -0.2) is 62.5 Å². The summed E-state index contributed by atoms with van der Waals surface area (Å²) in [6, 6.07) is 10.7. The number of aromatic nitrogens is 4. The molecule has 0 amide bonds. The molecule has 2 N–H and O–H groups in total. The van der Waals surface area contributed by atoms with Crippen molar-refractivity contribution in [3.8, 4) is 0 Å². The maximum atomic E-state index is 12.9. The SMILES string of the molecule is Cc1cn2c(C3=CN[I-]C=C3)cnc2c(Nc2cc(CN3CCN(S(=O)(=O)c4ccccc4)CC3)ns2)n1. The molecule has 0 aliphatic carbocycles. The molecule has 198 valence electrons. The predicted molar refractivity (Wildman–Crippen MR) is 144 cm³/mol. The van der Waals surface area contributed by atoms with Crippen molar-refractivity contribution >= 4 is 43.6 Å². The average molecular weight is 662 g/mol. The van der Waals surface area contributed by atoms with E-state index >= 15 is 0 Å². The number of sulfonamides is 1. The van der Waals surface area contributed by atoms with E-state index in [0.29, 0.717) is 43.4 Å². The summed E-state index contributed by atoms with van der Waals surface area (Å²) in [5.74, 6) is 0.687. The van der Waals surface area contributed by atoms with Gasteiger partial charge in [0, 0.05) is 26.2 Å². The van der Waals surface area contributed by atoms with Gasteiger partial charge in [-0.25, -0.2) is 8.42 Å².